The summed E-state index contributed by atoms with van der Waals surface area (Å²) in [6, 6.07) is 18.2. The summed E-state index contributed by atoms with van der Waals surface area (Å²) in [4.78, 5) is 36.0. The van der Waals surface area contributed by atoms with E-state index in [0.29, 0.717) is 5.01 Å². The first kappa shape index (κ1) is 19.9. The first-order chi connectivity index (χ1) is 13.0. The maximum Gasteiger partial charge on any atom is 0.426 e. The van der Waals surface area contributed by atoms with Crippen molar-refractivity contribution in [3.05, 3.63) is 71.8 Å². The van der Waals surface area contributed by atoms with Gasteiger partial charge in [0.2, 0.25) is 12.1 Å². The summed E-state index contributed by atoms with van der Waals surface area (Å²) in [6.07, 6.45) is -2.33. The molecule has 4 N–H and O–H groups in total. The molecule has 142 valence electrons. The van der Waals surface area contributed by atoms with Gasteiger partial charge in [0.25, 0.3) is 5.91 Å². The Hall–Kier alpha value is -3.39. The van der Waals surface area contributed by atoms with Gasteiger partial charge in [-0.1, -0.05) is 60.7 Å². The molecule has 0 heterocycles. The molecule has 0 aliphatic carbocycles. The lowest BCUT2D eigenvalue weighted by Crippen LogP contribution is -2.60. The molecule has 8 heteroatoms. The van der Waals surface area contributed by atoms with E-state index in [1.54, 1.807) is 24.3 Å². The van der Waals surface area contributed by atoms with Gasteiger partial charge in [-0.3, -0.25) is 9.59 Å². The summed E-state index contributed by atoms with van der Waals surface area (Å²) in [6.45, 7) is 1.44. The molecule has 27 heavy (non-hydrogen) atoms. The van der Waals surface area contributed by atoms with Crippen molar-refractivity contribution in [3.8, 4) is 0 Å². The van der Waals surface area contributed by atoms with E-state index >= 15 is 0 Å². The molecule has 2 aromatic rings. The zero-order chi connectivity index (χ0) is 19.6. The lowest BCUT2D eigenvalue weighted by Gasteiger charge is -2.26. The van der Waals surface area contributed by atoms with Gasteiger partial charge in [0.05, 0.1) is 0 Å². The van der Waals surface area contributed by atoms with Crippen molar-refractivity contribution < 1.29 is 19.1 Å². The average Bonchev–Trinajstić information content (AvgIpc) is 2.69. The molecule has 1 atom stereocenters. The molecule has 0 aromatic heterocycles. The lowest BCUT2D eigenvalue weighted by molar-refractivity contribution is -0.132. The second kappa shape index (κ2) is 9.93. The Kier molecular flexibility index (Phi) is 7.33. The number of ether oxygens (including phenoxy) is 1. The molecule has 2 rings (SSSR count). The minimum atomic E-state index is -1.39. The van der Waals surface area contributed by atoms with Crippen LogP contribution in [0.25, 0.3) is 0 Å². The highest BCUT2D eigenvalue weighted by atomic mass is 16.6. The molecule has 0 saturated heterocycles. The number of nitrogens with one attached hydrogen (secondary N) is 2. The topological polar surface area (TPSA) is 114 Å². The number of nitrogens with two attached hydrogens (primary N) is 1. The monoisotopic (exact) mass is 370 g/mol. The number of carbonyl (C=O) groups excluding carboxylic acids is 3. The van der Waals surface area contributed by atoms with Crippen molar-refractivity contribution >= 4 is 17.9 Å². The fourth-order valence-corrected chi connectivity index (χ4v) is 2.23. The highest BCUT2D eigenvalue weighted by Gasteiger charge is 2.29. The predicted octanol–water partition coefficient (Wildman–Crippen LogP) is 1.28. The number of nitrogens with zero attached hydrogens (tertiary/aromatic N) is 1. The van der Waals surface area contributed by atoms with Crippen LogP contribution in [-0.2, 0) is 27.5 Å². The molecule has 0 spiro atoms. The highest BCUT2D eigenvalue weighted by Crippen LogP contribution is 2.04. The van der Waals surface area contributed by atoms with Crippen LogP contribution in [0, 0.1) is 0 Å². The number of benzene rings is 2. The summed E-state index contributed by atoms with van der Waals surface area (Å²) in [7, 11) is 0. The third-order valence-corrected chi connectivity index (χ3v) is 3.59. The van der Waals surface area contributed by atoms with Crippen LogP contribution in [0.4, 0.5) is 4.79 Å². The number of amides is 3. The van der Waals surface area contributed by atoms with Crippen molar-refractivity contribution in [2.45, 2.75) is 26.2 Å². The van der Waals surface area contributed by atoms with Crippen LogP contribution in [0.5, 0.6) is 0 Å². The van der Waals surface area contributed by atoms with Gasteiger partial charge in [0, 0.05) is 13.5 Å². The van der Waals surface area contributed by atoms with Crippen molar-refractivity contribution in [1.82, 2.24) is 15.6 Å². The molecule has 3 amide bonds. The molecule has 1 unspecified atom stereocenters. The zero-order valence-corrected chi connectivity index (χ0v) is 14.9. The van der Waals surface area contributed by atoms with Crippen molar-refractivity contribution in [2.24, 2.45) is 5.84 Å². The predicted molar refractivity (Wildman–Crippen MR) is 98.5 cm³/mol. The van der Waals surface area contributed by atoms with Gasteiger partial charge in [-0.2, -0.15) is 0 Å². The van der Waals surface area contributed by atoms with E-state index in [-0.39, 0.29) is 13.2 Å². The van der Waals surface area contributed by atoms with E-state index in [1.165, 1.54) is 6.92 Å². The summed E-state index contributed by atoms with van der Waals surface area (Å²) < 4.78 is 5.10. The van der Waals surface area contributed by atoms with E-state index in [4.69, 9.17) is 10.6 Å². The number of hydrazine groups is 1. The molecule has 0 aliphatic rings. The first-order valence-electron chi connectivity index (χ1n) is 8.30. The Morgan fingerprint density at radius 1 is 1.00 bits per heavy atom. The number of rotatable bonds is 7. The fourth-order valence-electron chi connectivity index (χ4n) is 2.23. The zero-order valence-electron chi connectivity index (χ0n) is 14.9. The second-order valence-corrected chi connectivity index (χ2v) is 5.75. The summed E-state index contributed by atoms with van der Waals surface area (Å²) in [5, 5.41) is 5.53. The van der Waals surface area contributed by atoms with Gasteiger partial charge in [-0.05, 0) is 11.1 Å². The molecule has 2 aromatic carbocycles. The van der Waals surface area contributed by atoms with Gasteiger partial charge in [0.15, 0.2) is 0 Å². The molecule has 0 aliphatic heterocycles. The Bertz CT molecular complexity index is 768. The molecule has 0 radical (unpaired) electrons. The van der Waals surface area contributed by atoms with Gasteiger partial charge < -0.3 is 15.4 Å². The summed E-state index contributed by atoms with van der Waals surface area (Å²) in [5.74, 6) is 4.58. The minimum Gasteiger partial charge on any atom is -0.444 e. The van der Waals surface area contributed by atoms with E-state index in [0.717, 1.165) is 11.1 Å². The van der Waals surface area contributed by atoms with Crippen LogP contribution in [0.2, 0.25) is 0 Å². The van der Waals surface area contributed by atoms with Crippen LogP contribution >= 0.6 is 0 Å². The SMILES string of the molecule is CC(=O)NC(C(=O)NCc1ccccc1)N(N)C(=O)OCc1ccccc1. The van der Waals surface area contributed by atoms with E-state index in [1.807, 2.05) is 36.4 Å². The van der Waals surface area contributed by atoms with Crippen molar-refractivity contribution in [3.63, 3.8) is 0 Å². The summed E-state index contributed by atoms with van der Waals surface area (Å²) in [5.41, 5.74) is 1.63. The standard InChI is InChI=1S/C19H22N4O4/c1-14(24)22-17(18(25)21-12-15-8-4-2-5-9-15)23(20)19(26)27-13-16-10-6-3-7-11-16/h2-11,17H,12-13,20H2,1H3,(H,21,25)(H,22,24). The average molecular weight is 370 g/mol. The highest BCUT2D eigenvalue weighted by molar-refractivity contribution is 5.89. The Balaban J connectivity index is 1.96. The Labute approximate surface area is 157 Å². The van der Waals surface area contributed by atoms with Crippen LogP contribution in [0.3, 0.4) is 0 Å². The first-order valence-corrected chi connectivity index (χ1v) is 8.30. The molecule has 0 fully saturated rings. The number of hydrogen-bond donors (Lipinski definition) is 3. The molecule has 0 bridgehead atoms. The molecule has 0 saturated carbocycles. The Morgan fingerprint density at radius 2 is 1.56 bits per heavy atom. The van der Waals surface area contributed by atoms with Crippen LogP contribution < -0.4 is 16.5 Å². The van der Waals surface area contributed by atoms with Gasteiger partial charge in [-0.25, -0.2) is 15.6 Å². The summed E-state index contributed by atoms with van der Waals surface area (Å²) >= 11 is 0. The van der Waals surface area contributed by atoms with Crippen LogP contribution in [-0.4, -0.2) is 29.1 Å². The van der Waals surface area contributed by atoms with Crippen LogP contribution in [0.1, 0.15) is 18.1 Å². The Morgan fingerprint density at radius 3 is 2.11 bits per heavy atom. The maximum atomic E-state index is 12.4. The normalized spacial score (nSPS) is 11.2. The number of carbonyl (C=O) groups is 3. The van der Waals surface area contributed by atoms with Crippen molar-refractivity contribution in [2.75, 3.05) is 0 Å². The van der Waals surface area contributed by atoms with E-state index < -0.39 is 24.1 Å². The fraction of sp³-hybridized carbons (Fsp3) is 0.211. The molecule has 8 nitrogen and oxygen atoms in total. The van der Waals surface area contributed by atoms with Gasteiger partial charge >= 0.3 is 6.09 Å². The second-order valence-electron chi connectivity index (χ2n) is 5.75. The smallest absolute Gasteiger partial charge is 0.426 e. The van der Waals surface area contributed by atoms with Crippen LogP contribution in [0.15, 0.2) is 60.7 Å². The van der Waals surface area contributed by atoms with E-state index in [9.17, 15) is 14.4 Å². The lowest BCUT2D eigenvalue weighted by atomic mass is 10.2. The third kappa shape index (κ3) is 6.44. The quantitative estimate of drug-likeness (QED) is 0.294. The third-order valence-electron chi connectivity index (χ3n) is 3.59. The molecular weight excluding hydrogens is 348 g/mol. The van der Waals surface area contributed by atoms with Gasteiger partial charge in [0.1, 0.15) is 6.61 Å². The molecular formula is C19H22N4O4. The number of hydrogen-bond acceptors (Lipinski definition) is 5. The van der Waals surface area contributed by atoms with E-state index in [2.05, 4.69) is 10.6 Å². The van der Waals surface area contributed by atoms with Crippen molar-refractivity contribution in [1.29, 1.82) is 0 Å². The minimum absolute atomic E-state index is 0.00814. The van der Waals surface area contributed by atoms with Gasteiger partial charge in [-0.15, -0.1) is 0 Å². The largest absolute Gasteiger partial charge is 0.444 e. The maximum absolute atomic E-state index is 12.4.